The highest BCUT2D eigenvalue weighted by molar-refractivity contribution is 5.89. The standard InChI is InChI=1S/C23H28N2O5/c1-15(2)20(25-23(29)30-14-18-7-5-4-6-8-18)21(26)24-19(22(27)28)13-17-11-9-16(3)10-12-17/h4-12,15,19-20H,13-14H2,1-3H3,(H,24,26)(H,25,29)(H,27,28)/t19-,20-/m0/s1. The Morgan fingerprint density at radius 1 is 0.933 bits per heavy atom. The molecule has 30 heavy (non-hydrogen) atoms. The number of rotatable bonds is 9. The number of carboxylic acid groups (broad SMARTS) is 1. The molecule has 0 radical (unpaired) electrons. The molecule has 0 aliphatic heterocycles. The maximum atomic E-state index is 12.7. The fourth-order valence-electron chi connectivity index (χ4n) is 2.85. The van der Waals surface area contributed by atoms with Crippen LogP contribution in [0, 0.1) is 12.8 Å². The Labute approximate surface area is 176 Å². The number of amides is 2. The van der Waals surface area contributed by atoms with E-state index in [1.54, 1.807) is 13.8 Å². The molecule has 0 aliphatic rings. The summed E-state index contributed by atoms with van der Waals surface area (Å²) in [6, 6.07) is 14.6. The topological polar surface area (TPSA) is 105 Å². The van der Waals surface area contributed by atoms with Gasteiger partial charge in [-0.2, -0.15) is 0 Å². The molecule has 0 fully saturated rings. The van der Waals surface area contributed by atoms with Crippen LogP contribution >= 0.6 is 0 Å². The molecule has 2 atom stereocenters. The molecule has 2 aromatic carbocycles. The van der Waals surface area contributed by atoms with Gasteiger partial charge in [0.2, 0.25) is 5.91 Å². The summed E-state index contributed by atoms with van der Waals surface area (Å²) in [5.41, 5.74) is 2.68. The van der Waals surface area contributed by atoms with Gasteiger partial charge in [-0.05, 0) is 24.0 Å². The second-order valence-corrected chi connectivity index (χ2v) is 7.52. The number of hydrogen-bond donors (Lipinski definition) is 3. The molecule has 0 aromatic heterocycles. The van der Waals surface area contributed by atoms with Gasteiger partial charge < -0.3 is 20.5 Å². The molecule has 0 saturated carbocycles. The Morgan fingerprint density at radius 2 is 1.57 bits per heavy atom. The van der Waals surface area contributed by atoms with Crippen molar-refractivity contribution in [3.8, 4) is 0 Å². The van der Waals surface area contributed by atoms with E-state index < -0.39 is 30.1 Å². The molecule has 3 N–H and O–H groups in total. The van der Waals surface area contributed by atoms with E-state index in [1.165, 1.54) is 0 Å². The van der Waals surface area contributed by atoms with Gasteiger partial charge in [-0.15, -0.1) is 0 Å². The van der Waals surface area contributed by atoms with E-state index in [0.717, 1.165) is 16.7 Å². The zero-order chi connectivity index (χ0) is 22.1. The highest BCUT2D eigenvalue weighted by atomic mass is 16.5. The SMILES string of the molecule is Cc1ccc(C[C@H](NC(=O)[C@@H](NC(=O)OCc2ccccc2)C(C)C)C(=O)O)cc1. The third-order valence-corrected chi connectivity index (χ3v) is 4.61. The number of aliphatic carboxylic acids is 1. The van der Waals surface area contributed by atoms with Gasteiger partial charge in [-0.25, -0.2) is 9.59 Å². The number of carboxylic acids is 1. The van der Waals surface area contributed by atoms with E-state index in [9.17, 15) is 19.5 Å². The molecular weight excluding hydrogens is 384 g/mol. The van der Waals surface area contributed by atoms with Crippen molar-refractivity contribution in [2.45, 2.75) is 45.9 Å². The Bertz CT molecular complexity index is 850. The Balaban J connectivity index is 1.97. The van der Waals surface area contributed by atoms with Gasteiger partial charge in [0.25, 0.3) is 0 Å². The van der Waals surface area contributed by atoms with Crippen molar-refractivity contribution in [2.24, 2.45) is 5.92 Å². The van der Waals surface area contributed by atoms with E-state index in [2.05, 4.69) is 10.6 Å². The molecule has 160 valence electrons. The lowest BCUT2D eigenvalue weighted by Crippen LogP contribution is -2.54. The fourth-order valence-corrected chi connectivity index (χ4v) is 2.85. The highest BCUT2D eigenvalue weighted by Crippen LogP contribution is 2.09. The number of alkyl carbamates (subject to hydrolysis) is 1. The predicted octanol–water partition coefficient (Wildman–Crippen LogP) is 3.06. The van der Waals surface area contributed by atoms with Crippen LogP contribution in [0.3, 0.4) is 0 Å². The van der Waals surface area contributed by atoms with Crippen LogP contribution in [-0.4, -0.2) is 35.2 Å². The third kappa shape index (κ3) is 7.24. The maximum absolute atomic E-state index is 12.7. The molecule has 7 nitrogen and oxygen atoms in total. The Kier molecular flexibility index (Phi) is 8.41. The summed E-state index contributed by atoms with van der Waals surface area (Å²) < 4.78 is 5.17. The van der Waals surface area contributed by atoms with Crippen LogP contribution in [0.2, 0.25) is 0 Å². The quantitative estimate of drug-likeness (QED) is 0.587. The molecule has 0 aliphatic carbocycles. The highest BCUT2D eigenvalue weighted by Gasteiger charge is 2.29. The molecule has 0 saturated heterocycles. The fraction of sp³-hybridized carbons (Fsp3) is 0.348. The van der Waals surface area contributed by atoms with E-state index in [1.807, 2.05) is 61.5 Å². The number of carbonyl (C=O) groups excluding carboxylic acids is 2. The average Bonchev–Trinajstić information content (AvgIpc) is 2.71. The monoisotopic (exact) mass is 412 g/mol. The largest absolute Gasteiger partial charge is 0.480 e. The van der Waals surface area contributed by atoms with Crippen molar-refractivity contribution in [1.82, 2.24) is 10.6 Å². The van der Waals surface area contributed by atoms with Crippen LogP contribution in [0.1, 0.15) is 30.5 Å². The molecule has 2 amide bonds. The minimum absolute atomic E-state index is 0.0737. The van der Waals surface area contributed by atoms with Crippen LogP contribution in [0.4, 0.5) is 4.79 Å². The summed E-state index contributed by atoms with van der Waals surface area (Å²) in [4.78, 5) is 36.5. The second-order valence-electron chi connectivity index (χ2n) is 7.52. The van der Waals surface area contributed by atoms with E-state index in [0.29, 0.717) is 0 Å². The molecule has 2 rings (SSSR count). The summed E-state index contributed by atoms with van der Waals surface area (Å²) in [5, 5.41) is 14.6. The van der Waals surface area contributed by atoms with Crippen molar-refractivity contribution in [2.75, 3.05) is 0 Å². The number of benzene rings is 2. The average molecular weight is 412 g/mol. The van der Waals surface area contributed by atoms with Crippen molar-refractivity contribution in [1.29, 1.82) is 0 Å². The first-order valence-corrected chi connectivity index (χ1v) is 9.82. The third-order valence-electron chi connectivity index (χ3n) is 4.61. The van der Waals surface area contributed by atoms with Gasteiger partial charge in [0, 0.05) is 6.42 Å². The summed E-state index contributed by atoms with van der Waals surface area (Å²) in [6.07, 6.45) is -0.594. The van der Waals surface area contributed by atoms with E-state index in [-0.39, 0.29) is 18.9 Å². The molecule has 0 heterocycles. The maximum Gasteiger partial charge on any atom is 0.408 e. The summed E-state index contributed by atoms with van der Waals surface area (Å²) in [7, 11) is 0. The molecular formula is C23H28N2O5. The lowest BCUT2D eigenvalue weighted by Gasteiger charge is -2.24. The van der Waals surface area contributed by atoms with E-state index >= 15 is 0 Å². The summed E-state index contributed by atoms with van der Waals surface area (Å²) in [5.74, 6) is -1.97. The number of hydrogen-bond acceptors (Lipinski definition) is 4. The number of nitrogens with one attached hydrogen (secondary N) is 2. The first kappa shape index (κ1) is 22.9. The molecule has 7 heteroatoms. The van der Waals surface area contributed by atoms with Crippen LogP contribution in [0.15, 0.2) is 54.6 Å². The van der Waals surface area contributed by atoms with Gasteiger partial charge in [0.1, 0.15) is 18.7 Å². The second kappa shape index (κ2) is 11.0. The minimum Gasteiger partial charge on any atom is -0.480 e. The first-order valence-electron chi connectivity index (χ1n) is 9.82. The summed E-state index contributed by atoms with van der Waals surface area (Å²) >= 11 is 0. The smallest absolute Gasteiger partial charge is 0.408 e. The minimum atomic E-state index is -1.14. The van der Waals surface area contributed by atoms with Crippen LogP contribution in [-0.2, 0) is 27.4 Å². The Morgan fingerprint density at radius 3 is 2.13 bits per heavy atom. The van der Waals surface area contributed by atoms with Crippen LogP contribution in [0.5, 0.6) is 0 Å². The molecule has 0 unspecified atom stereocenters. The van der Waals surface area contributed by atoms with Crippen molar-refractivity contribution >= 4 is 18.0 Å². The first-order chi connectivity index (χ1) is 14.3. The van der Waals surface area contributed by atoms with Crippen LogP contribution in [0.25, 0.3) is 0 Å². The van der Waals surface area contributed by atoms with E-state index in [4.69, 9.17) is 4.74 Å². The van der Waals surface area contributed by atoms with Gasteiger partial charge in [-0.1, -0.05) is 74.0 Å². The number of aryl methyl sites for hydroxylation is 1. The predicted molar refractivity (Wildman–Crippen MR) is 113 cm³/mol. The van der Waals surface area contributed by atoms with Gasteiger partial charge in [-0.3, -0.25) is 4.79 Å². The normalized spacial score (nSPS) is 12.7. The molecule has 0 spiro atoms. The van der Waals surface area contributed by atoms with Crippen molar-refractivity contribution < 1.29 is 24.2 Å². The van der Waals surface area contributed by atoms with Crippen molar-refractivity contribution in [3.63, 3.8) is 0 Å². The zero-order valence-electron chi connectivity index (χ0n) is 17.4. The van der Waals surface area contributed by atoms with Crippen molar-refractivity contribution in [3.05, 3.63) is 71.3 Å². The number of carbonyl (C=O) groups is 3. The van der Waals surface area contributed by atoms with Gasteiger partial charge in [0.05, 0.1) is 0 Å². The number of ether oxygens (including phenoxy) is 1. The molecule has 0 bridgehead atoms. The lowest BCUT2D eigenvalue weighted by molar-refractivity contribution is -0.142. The van der Waals surface area contributed by atoms with Gasteiger partial charge in [0.15, 0.2) is 0 Å². The van der Waals surface area contributed by atoms with Crippen LogP contribution < -0.4 is 10.6 Å². The summed E-state index contributed by atoms with van der Waals surface area (Å²) in [6.45, 7) is 5.54. The lowest BCUT2D eigenvalue weighted by atomic mass is 10.0. The molecule has 2 aromatic rings. The zero-order valence-corrected chi connectivity index (χ0v) is 17.4. The van der Waals surface area contributed by atoms with Gasteiger partial charge >= 0.3 is 12.1 Å². The Hall–Kier alpha value is -3.35.